The van der Waals surface area contributed by atoms with Crippen molar-refractivity contribution >= 4 is 5.82 Å². The Hall–Kier alpha value is -1.25. The Balaban J connectivity index is 2.54. The van der Waals surface area contributed by atoms with Crippen molar-refractivity contribution in [2.24, 2.45) is 0 Å². The van der Waals surface area contributed by atoms with Crippen LogP contribution in [0.2, 0.25) is 0 Å². The molecule has 0 atom stereocenters. The molecule has 45 valence electrons. The van der Waals surface area contributed by atoms with Crippen LogP contribution in [-0.4, -0.2) is 4.98 Å². The molecule has 3 heteroatoms. The Morgan fingerprint density at radius 1 is 1.56 bits per heavy atom. The van der Waals surface area contributed by atoms with Crippen LogP contribution in [0.25, 0.3) is 0 Å². The van der Waals surface area contributed by atoms with Gasteiger partial charge in [0.05, 0.1) is 0 Å². The molecule has 0 aliphatic carbocycles. The molecule has 1 N–H and O–H groups in total. The van der Waals surface area contributed by atoms with Gasteiger partial charge in [-0.3, -0.25) is 0 Å². The second kappa shape index (κ2) is 1.62. The third-order valence-electron chi connectivity index (χ3n) is 1.15. The maximum atomic E-state index is 5.00. The van der Waals surface area contributed by atoms with E-state index in [2.05, 4.69) is 10.3 Å². The maximum Gasteiger partial charge on any atom is 0.227 e. The first-order valence-electron chi connectivity index (χ1n) is 2.67. The van der Waals surface area contributed by atoms with Gasteiger partial charge in [0.15, 0.2) is 11.6 Å². The van der Waals surface area contributed by atoms with Crippen LogP contribution in [0.3, 0.4) is 0 Å². The van der Waals surface area contributed by atoms with E-state index >= 15 is 0 Å². The molecule has 0 fully saturated rings. The van der Waals surface area contributed by atoms with Crippen LogP contribution in [0.1, 0.15) is 0 Å². The first-order chi connectivity index (χ1) is 4.47. The van der Waals surface area contributed by atoms with Gasteiger partial charge in [0.2, 0.25) is 6.73 Å². The van der Waals surface area contributed by atoms with Crippen LogP contribution in [-0.2, 0) is 0 Å². The average molecular weight is 121 g/mol. The number of ether oxygens (including phenoxy) is 1. The quantitative estimate of drug-likeness (QED) is 0.556. The molecule has 0 spiro atoms. The van der Waals surface area contributed by atoms with Gasteiger partial charge < -0.3 is 10.1 Å². The summed E-state index contributed by atoms with van der Waals surface area (Å²) >= 11 is 0. The topological polar surface area (TPSA) is 34.2 Å². The van der Waals surface area contributed by atoms with Crippen molar-refractivity contribution in [3.05, 3.63) is 25.1 Å². The fraction of sp³-hybridized carbons (Fsp3) is 0. The van der Waals surface area contributed by atoms with Crippen LogP contribution in [0.5, 0.6) is 5.75 Å². The second-order valence-corrected chi connectivity index (χ2v) is 1.73. The number of fused-ring (bicyclic) bond motifs is 1. The van der Waals surface area contributed by atoms with Crippen LogP contribution >= 0.6 is 0 Å². The molecule has 0 amide bonds. The Bertz CT molecular complexity index is 201. The molecule has 1 aromatic rings. The number of hydrogen-bond acceptors (Lipinski definition) is 3. The van der Waals surface area contributed by atoms with Gasteiger partial charge in [0.1, 0.15) is 0 Å². The zero-order valence-electron chi connectivity index (χ0n) is 4.66. The van der Waals surface area contributed by atoms with E-state index in [0.29, 0.717) is 0 Å². The van der Waals surface area contributed by atoms with Gasteiger partial charge in [-0.1, -0.05) is 0 Å². The van der Waals surface area contributed by atoms with Crippen LogP contribution in [0.15, 0.2) is 18.3 Å². The largest absolute Gasteiger partial charge is 0.461 e. The van der Waals surface area contributed by atoms with Crippen LogP contribution in [0, 0.1) is 6.73 Å². The summed E-state index contributed by atoms with van der Waals surface area (Å²) in [6.45, 7) is 1.51. The molecule has 0 aromatic carbocycles. The van der Waals surface area contributed by atoms with Crippen molar-refractivity contribution in [1.82, 2.24) is 4.98 Å². The Morgan fingerprint density at radius 2 is 2.56 bits per heavy atom. The van der Waals surface area contributed by atoms with E-state index in [-0.39, 0.29) is 0 Å². The number of pyridine rings is 1. The van der Waals surface area contributed by atoms with Crippen LogP contribution in [0.4, 0.5) is 5.82 Å². The number of hydrogen-bond donors (Lipinski definition) is 1. The molecule has 0 saturated heterocycles. The predicted octanol–water partition coefficient (Wildman–Crippen LogP) is 1.01. The molecule has 1 aromatic heterocycles. The molecular formula is C6H5N2O. The molecular weight excluding hydrogens is 116 g/mol. The fourth-order valence-corrected chi connectivity index (χ4v) is 0.743. The Kier molecular flexibility index (Phi) is 0.828. The highest BCUT2D eigenvalue weighted by Crippen LogP contribution is 2.26. The van der Waals surface area contributed by atoms with Crippen molar-refractivity contribution < 1.29 is 4.74 Å². The number of nitrogens with one attached hydrogen (secondary N) is 1. The normalized spacial score (nSPS) is 13.8. The van der Waals surface area contributed by atoms with Crippen molar-refractivity contribution in [2.45, 2.75) is 0 Å². The SMILES string of the molecule is [CH]1Nc2ncccc2O1. The molecule has 3 nitrogen and oxygen atoms in total. The summed E-state index contributed by atoms with van der Waals surface area (Å²) in [4.78, 5) is 3.99. The van der Waals surface area contributed by atoms with Crippen LogP contribution < -0.4 is 10.1 Å². The van der Waals surface area contributed by atoms with Gasteiger partial charge in [-0.2, -0.15) is 0 Å². The van der Waals surface area contributed by atoms with E-state index in [1.54, 1.807) is 6.20 Å². The molecule has 0 bridgehead atoms. The maximum absolute atomic E-state index is 5.00. The van der Waals surface area contributed by atoms with E-state index < -0.39 is 0 Å². The first-order valence-corrected chi connectivity index (χ1v) is 2.67. The van der Waals surface area contributed by atoms with E-state index in [4.69, 9.17) is 4.74 Å². The van der Waals surface area contributed by atoms with Gasteiger partial charge >= 0.3 is 0 Å². The standard InChI is InChI=1S/C6H5N2O/c1-2-5-6(7-3-1)8-4-9-5/h1-4H,(H,7,8). The number of nitrogens with zero attached hydrogens (tertiary/aromatic N) is 1. The van der Waals surface area contributed by atoms with Crippen molar-refractivity contribution in [3.8, 4) is 5.75 Å². The summed E-state index contributed by atoms with van der Waals surface area (Å²) < 4.78 is 5.00. The molecule has 2 heterocycles. The van der Waals surface area contributed by atoms with Crippen molar-refractivity contribution in [3.63, 3.8) is 0 Å². The van der Waals surface area contributed by atoms with Gasteiger partial charge in [0.25, 0.3) is 0 Å². The zero-order chi connectivity index (χ0) is 6.10. The third-order valence-corrected chi connectivity index (χ3v) is 1.15. The molecule has 2 rings (SSSR count). The summed E-state index contributed by atoms with van der Waals surface area (Å²) in [6, 6.07) is 3.69. The molecule has 0 unspecified atom stereocenters. The van der Waals surface area contributed by atoms with E-state index in [1.807, 2.05) is 12.1 Å². The van der Waals surface area contributed by atoms with E-state index in [1.165, 1.54) is 6.73 Å². The smallest absolute Gasteiger partial charge is 0.227 e. The number of anilines is 1. The monoisotopic (exact) mass is 121 g/mol. The minimum atomic E-state index is 0.789. The average Bonchev–Trinajstić information content (AvgIpc) is 2.33. The number of rotatable bonds is 0. The van der Waals surface area contributed by atoms with Gasteiger partial charge in [-0.25, -0.2) is 4.98 Å². The predicted molar refractivity (Wildman–Crippen MR) is 32.8 cm³/mol. The third kappa shape index (κ3) is 0.614. The summed E-state index contributed by atoms with van der Waals surface area (Å²) in [5.41, 5.74) is 0. The highest BCUT2D eigenvalue weighted by atomic mass is 16.5. The van der Waals surface area contributed by atoms with E-state index in [0.717, 1.165) is 11.6 Å². The highest BCUT2D eigenvalue weighted by Gasteiger charge is 2.09. The van der Waals surface area contributed by atoms with Crippen molar-refractivity contribution in [2.75, 3.05) is 5.32 Å². The molecule has 1 aliphatic heterocycles. The van der Waals surface area contributed by atoms with Gasteiger partial charge in [-0.05, 0) is 12.1 Å². The summed E-state index contributed by atoms with van der Waals surface area (Å²) in [6.07, 6.45) is 1.72. The van der Waals surface area contributed by atoms with E-state index in [9.17, 15) is 0 Å². The zero-order valence-corrected chi connectivity index (χ0v) is 4.66. The summed E-state index contributed by atoms with van der Waals surface area (Å²) in [5, 5.41) is 2.84. The molecule has 9 heavy (non-hydrogen) atoms. The fourth-order valence-electron chi connectivity index (χ4n) is 0.743. The van der Waals surface area contributed by atoms with Gasteiger partial charge in [0, 0.05) is 6.20 Å². The lowest BCUT2D eigenvalue weighted by Gasteiger charge is -1.90. The Labute approximate surface area is 52.7 Å². The highest BCUT2D eigenvalue weighted by molar-refractivity contribution is 5.53. The van der Waals surface area contributed by atoms with Gasteiger partial charge in [-0.15, -0.1) is 0 Å². The minimum Gasteiger partial charge on any atom is -0.461 e. The lowest BCUT2D eigenvalue weighted by Crippen LogP contribution is -1.88. The second-order valence-electron chi connectivity index (χ2n) is 1.73. The van der Waals surface area contributed by atoms with Crippen molar-refractivity contribution in [1.29, 1.82) is 0 Å². The summed E-state index contributed by atoms with van der Waals surface area (Å²) in [5.74, 6) is 1.58. The number of aromatic nitrogens is 1. The lowest BCUT2D eigenvalue weighted by atomic mass is 10.4. The molecule has 1 aliphatic rings. The Morgan fingerprint density at radius 3 is 3.44 bits per heavy atom. The molecule has 0 saturated carbocycles. The minimum absolute atomic E-state index is 0.789. The first kappa shape index (κ1) is 4.61. The lowest BCUT2D eigenvalue weighted by molar-refractivity contribution is 0.446. The summed E-state index contributed by atoms with van der Waals surface area (Å²) in [7, 11) is 0. The molecule has 1 radical (unpaired) electrons.